The molecule has 0 saturated heterocycles. The summed E-state index contributed by atoms with van der Waals surface area (Å²) in [5.41, 5.74) is 0.984. The smallest absolute Gasteiger partial charge is 0.245 e. The van der Waals surface area contributed by atoms with Crippen LogP contribution in [0.25, 0.3) is 0 Å². The SMILES string of the molecule is O=S(=O)(c1cccnc1)N(Cc1ccc(Br)cc1)C1CC1. The molecule has 0 N–H and O–H groups in total. The molecule has 6 heteroatoms. The molecule has 4 nitrogen and oxygen atoms in total. The molecule has 0 bridgehead atoms. The van der Waals surface area contributed by atoms with Gasteiger partial charge in [-0.25, -0.2) is 8.42 Å². The van der Waals surface area contributed by atoms with Gasteiger partial charge in [-0.3, -0.25) is 4.98 Å². The summed E-state index contributed by atoms with van der Waals surface area (Å²) in [5.74, 6) is 0. The minimum Gasteiger partial charge on any atom is -0.263 e. The minimum absolute atomic E-state index is 0.110. The highest BCUT2D eigenvalue weighted by atomic mass is 79.9. The molecule has 0 unspecified atom stereocenters. The number of sulfonamides is 1. The lowest BCUT2D eigenvalue weighted by atomic mass is 10.2. The summed E-state index contributed by atoms with van der Waals surface area (Å²) in [4.78, 5) is 4.18. The van der Waals surface area contributed by atoms with Gasteiger partial charge >= 0.3 is 0 Å². The molecule has 1 fully saturated rings. The molecule has 2 aromatic rings. The maximum absolute atomic E-state index is 12.8. The second kappa shape index (κ2) is 5.87. The van der Waals surface area contributed by atoms with Crippen molar-refractivity contribution in [2.24, 2.45) is 0 Å². The lowest BCUT2D eigenvalue weighted by Gasteiger charge is -2.21. The van der Waals surface area contributed by atoms with Crippen molar-refractivity contribution in [2.45, 2.75) is 30.3 Å². The van der Waals surface area contributed by atoms with Crippen molar-refractivity contribution < 1.29 is 8.42 Å². The van der Waals surface area contributed by atoms with Gasteiger partial charge < -0.3 is 0 Å². The number of halogens is 1. The molecule has 0 spiro atoms. The van der Waals surface area contributed by atoms with E-state index < -0.39 is 10.0 Å². The Hall–Kier alpha value is -1.24. The van der Waals surface area contributed by atoms with E-state index in [2.05, 4.69) is 20.9 Å². The van der Waals surface area contributed by atoms with Crippen LogP contribution in [-0.4, -0.2) is 23.7 Å². The molecule has 3 rings (SSSR count). The summed E-state index contributed by atoms with van der Waals surface area (Å²) >= 11 is 3.39. The molecular formula is C15H15BrN2O2S. The monoisotopic (exact) mass is 366 g/mol. The lowest BCUT2D eigenvalue weighted by Crippen LogP contribution is -2.32. The molecule has 0 aliphatic heterocycles. The Morgan fingerprint density at radius 2 is 1.90 bits per heavy atom. The van der Waals surface area contributed by atoms with E-state index in [1.165, 1.54) is 6.20 Å². The van der Waals surface area contributed by atoms with Crippen molar-refractivity contribution >= 4 is 26.0 Å². The maximum atomic E-state index is 12.8. The number of hydrogen-bond donors (Lipinski definition) is 0. The zero-order chi connectivity index (χ0) is 14.9. The van der Waals surface area contributed by atoms with Crippen LogP contribution in [0, 0.1) is 0 Å². The molecule has 21 heavy (non-hydrogen) atoms. The molecule has 0 radical (unpaired) electrons. The molecule has 1 aromatic heterocycles. The second-order valence-electron chi connectivity index (χ2n) is 5.10. The molecule has 1 aromatic carbocycles. The third kappa shape index (κ3) is 3.33. The van der Waals surface area contributed by atoms with Gasteiger partial charge in [0.1, 0.15) is 4.90 Å². The Morgan fingerprint density at radius 3 is 2.48 bits per heavy atom. The van der Waals surface area contributed by atoms with Gasteiger partial charge in [0.25, 0.3) is 0 Å². The molecule has 1 aliphatic rings. The van der Waals surface area contributed by atoms with Gasteiger partial charge in [0, 0.05) is 29.5 Å². The number of pyridine rings is 1. The van der Waals surface area contributed by atoms with Gasteiger partial charge in [0.05, 0.1) is 0 Å². The second-order valence-corrected chi connectivity index (χ2v) is 7.90. The van der Waals surface area contributed by atoms with E-state index in [1.54, 1.807) is 22.6 Å². The molecule has 0 atom stereocenters. The van der Waals surface area contributed by atoms with Crippen molar-refractivity contribution in [1.82, 2.24) is 9.29 Å². The van der Waals surface area contributed by atoms with Gasteiger partial charge in [0.2, 0.25) is 10.0 Å². The third-order valence-electron chi connectivity index (χ3n) is 3.45. The highest BCUT2D eigenvalue weighted by Crippen LogP contribution is 2.33. The van der Waals surface area contributed by atoms with Gasteiger partial charge in [0.15, 0.2) is 0 Å². The van der Waals surface area contributed by atoms with E-state index >= 15 is 0 Å². The highest BCUT2D eigenvalue weighted by molar-refractivity contribution is 9.10. The summed E-state index contributed by atoms with van der Waals surface area (Å²) in [6.45, 7) is 0.398. The topological polar surface area (TPSA) is 50.3 Å². The largest absolute Gasteiger partial charge is 0.263 e. The molecule has 1 heterocycles. The van der Waals surface area contributed by atoms with E-state index in [1.807, 2.05) is 24.3 Å². The fraction of sp³-hybridized carbons (Fsp3) is 0.267. The van der Waals surface area contributed by atoms with E-state index in [0.717, 1.165) is 22.9 Å². The number of rotatable bonds is 5. The first-order valence-electron chi connectivity index (χ1n) is 6.74. The van der Waals surface area contributed by atoms with Crippen LogP contribution >= 0.6 is 15.9 Å². The normalized spacial score (nSPS) is 15.3. The van der Waals surface area contributed by atoms with Gasteiger partial charge in [-0.2, -0.15) is 4.31 Å². The van der Waals surface area contributed by atoms with Crippen molar-refractivity contribution in [2.75, 3.05) is 0 Å². The number of hydrogen-bond acceptors (Lipinski definition) is 3. The van der Waals surface area contributed by atoms with Crippen LogP contribution in [0.3, 0.4) is 0 Å². The average Bonchev–Trinajstić information content (AvgIpc) is 3.32. The summed E-state index contributed by atoms with van der Waals surface area (Å²) < 4.78 is 28.1. The predicted octanol–water partition coefficient (Wildman–Crippen LogP) is 3.20. The van der Waals surface area contributed by atoms with Gasteiger partial charge in [-0.15, -0.1) is 0 Å². The van der Waals surface area contributed by atoms with Crippen LogP contribution in [-0.2, 0) is 16.6 Å². The van der Waals surface area contributed by atoms with Crippen molar-refractivity contribution in [3.63, 3.8) is 0 Å². The van der Waals surface area contributed by atoms with E-state index in [4.69, 9.17) is 0 Å². The van der Waals surface area contributed by atoms with Crippen LogP contribution in [0.4, 0.5) is 0 Å². The number of aromatic nitrogens is 1. The Morgan fingerprint density at radius 1 is 1.19 bits per heavy atom. The van der Waals surface area contributed by atoms with Gasteiger partial charge in [-0.05, 0) is 42.7 Å². The predicted molar refractivity (Wildman–Crippen MR) is 84.1 cm³/mol. The molecule has 110 valence electrons. The Kier molecular flexibility index (Phi) is 4.10. The van der Waals surface area contributed by atoms with Crippen LogP contribution in [0.2, 0.25) is 0 Å². The van der Waals surface area contributed by atoms with Crippen molar-refractivity contribution in [3.05, 3.63) is 58.8 Å². The van der Waals surface area contributed by atoms with Crippen LogP contribution in [0.1, 0.15) is 18.4 Å². The fourth-order valence-electron chi connectivity index (χ4n) is 2.18. The number of benzene rings is 1. The molecule has 1 saturated carbocycles. The fourth-order valence-corrected chi connectivity index (χ4v) is 4.08. The Labute approximate surface area is 133 Å². The first-order chi connectivity index (χ1) is 10.1. The van der Waals surface area contributed by atoms with E-state index in [0.29, 0.717) is 6.54 Å². The summed E-state index contributed by atoms with van der Waals surface area (Å²) in [6.07, 6.45) is 4.84. The first kappa shape index (κ1) is 14.7. The summed E-state index contributed by atoms with van der Waals surface area (Å²) in [6, 6.07) is 11.1. The average molecular weight is 367 g/mol. The van der Waals surface area contributed by atoms with E-state index in [-0.39, 0.29) is 10.9 Å². The number of nitrogens with zero attached hydrogens (tertiary/aromatic N) is 2. The molecular weight excluding hydrogens is 352 g/mol. The van der Waals surface area contributed by atoms with Crippen molar-refractivity contribution in [1.29, 1.82) is 0 Å². The Balaban J connectivity index is 1.90. The molecule has 0 amide bonds. The lowest BCUT2D eigenvalue weighted by molar-refractivity contribution is 0.398. The Bertz CT molecular complexity index is 713. The first-order valence-corrected chi connectivity index (χ1v) is 8.97. The van der Waals surface area contributed by atoms with Crippen LogP contribution in [0.5, 0.6) is 0 Å². The summed E-state index contributed by atoms with van der Waals surface area (Å²) in [5, 5.41) is 0. The highest BCUT2D eigenvalue weighted by Gasteiger charge is 2.38. The zero-order valence-corrected chi connectivity index (χ0v) is 13.7. The van der Waals surface area contributed by atoms with Crippen LogP contribution < -0.4 is 0 Å². The standard InChI is InChI=1S/C15H15BrN2O2S/c16-13-5-3-12(4-6-13)11-18(14-7-8-14)21(19,20)15-2-1-9-17-10-15/h1-6,9-10,14H,7-8,11H2. The van der Waals surface area contributed by atoms with Crippen molar-refractivity contribution in [3.8, 4) is 0 Å². The quantitative estimate of drug-likeness (QED) is 0.816. The van der Waals surface area contributed by atoms with E-state index in [9.17, 15) is 8.42 Å². The third-order valence-corrected chi connectivity index (χ3v) is 5.86. The van der Waals surface area contributed by atoms with Gasteiger partial charge in [-0.1, -0.05) is 28.1 Å². The zero-order valence-electron chi connectivity index (χ0n) is 11.3. The molecule has 1 aliphatic carbocycles. The summed E-state index contributed by atoms with van der Waals surface area (Å²) in [7, 11) is -3.49. The maximum Gasteiger partial charge on any atom is 0.245 e. The van der Waals surface area contributed by atoms with Crippen LogP contribution in [0.15, 0.2) is 58.2 Å². The minimum atomic E-state index is -3.49.